The van der Waals surface area contributed by atoms with Crippen molar-refractivity contribution in [2.45, 2.75) is 19.8 Å². The number of benzene rings is 1. The molecule has 0 aromatic heterocycles. The van der Waals surface area contributed by atoms with Crippen LogP contribution in [0.5, 0.6) is 0 Å². The molecule has 1 N–H and O–H groups in total. The van der Waals surface area contributed by atoms with E-state index in [0.717, 1.165) is 38.3 Å². The fourth-order valence-electron chi connectivity index (χ4n) is 3.24. The van der Waals surface area contributed by atoms with Crippen LogP contribution in [-0.2, 0) is 20.7 Å². The predicted octanol–water partition coefficient (Wildman–Crippen LogP) is 1.26. The Morgan fingerprint density at radius 1 is 1.22 bits per heavy atom. The lowest BCUT2D eigenvalue weighted by Crippen LogP contribution is -2.48. The highest BCUT2D eigenvalue weighted by atomic mass is 16.5. The minimum atomic E-state index is -0.152. The number of nitrogens with one attached hydrogen (secondary N) is 1. The maximum Gasteiger partial charge on any atom is 0.320 e. The van der Waals surface area contributed by atoms with Crippen molar-refractivity contribution in [3.8, 4) is 0 Å². The molecule has 124 valence electrons. The van der Waals surface area contributed by atoms with Crippen molar-refractivity contribution in [3.63, 3.8) is 0 Å². The molecule has 2 aliphatic rings. The van der Waals surface area contributed by atoms with Gasteiger partial charge in [-0.25, -0.2) is 0 Å². The van der Waals surface area contributed by atoms with Crippen LogP contribution in [0.25, 0.3) is 0 Å². The van der Waals surface area contributed by atoms with E-state index in [2.05, 4.69) is 21.2 Å². The molecule has 6 nitrogen and oxygen atoms in total. The summed E-state index contributed by atoms with van der Waals surface area (Å²) in [6.07, 6.45) is 1.34. The molecule has 0 saturated carbocycles. The van der Waals surface area contributed by atoms with E-state index < -0.39 is 0 Å². The minimum absolute atomic E-state index is 0.0916. The number of fused-ring (bicyclic) bond motifs is 1. The summed E-state index contributed by atoms with van der Waals surface area (Å²) in [6.45, 7) is 6.07. The van der Waals surface area contributed by atoms with E-state index in [9.17, 15) is 9.59 Å². The summed E-state index contributed by atoms with van der Waals surface area (Å²) in [4.78, 5) is 27.6. The van der Waals surface area contributed by atoms with Crippen LogP contribution in [0, 0.1) is 0 Å². The first kappa shape index (κ1) is 15.8. The van der Waals surface area contributed by atoms with Crippen LogP contribution >= 0.6 is 0 Å². The van der Waals surface area contributed by atoms with Gasteiger partial charge in [0.2, 0.25) is 5.91 Å². The van der Waals surface area contributed by atoms with Crippen LogP contribution in [0.15, 0.2) is 18.2 Å². The second-order valence-electron chi connectivity index (χ2n) is 5.92. The monoisotopic (exact) mass is 317 g/mol. The number of hydrogen-bond donors (Lipinski definition) is 1. The number of ether oxygens (including phenoxy) is 1. The third-order valence-corrected chi connectivity index (χ3v) is 4.40. The van der Waals surface area contributed by atoms with Gasteiger partial charge in [0.25, 0.3) is 0 Å². The van der Waals surface area contributed by atoms with Crippen LogP contribution in [-0.4, -0.2) is 56.1 Å². The zero-order chi connectivity index (χ0) is 16.2. The van der Waals surface area contributed by atoms with Crippen molar-refractivity contribution in [3.05, 3.63) is 23.8 Å². The molecule has 1 aromatic carbocycles. The first-order valence-corrected chi connectivity index (χ1v) is 8.22. The standard InChI is InChI=1S/C17H23N3O3/c1-2-23-17(22)12-19-8-10-20(11-9-19)15-5-3-4-14-13(15)6-7-16(21)18-14/h3-5H,2,6-12H2,1H3,(H,18,21). The number of carbonyl (C=O) groups excluding carboxylic acids is 2. The van der Waals surface area contributed by atoms with Gasteiger partial charge in [-0.2, -0.15) is 0 Å². The molecule has 0 spiro atoms. The zero-order valence-electron chi connectivity index (χ0n) is 13.5. The van der Waals surface area contributed by atoms with E-state index in [0.29, 0.717) is 19.6 Å². The summed E-state index contributed by atoms with van der Waals surface area (Å²) in [5.74, 6) is -0.0605. The summed E-state index contributed by atoms with van der Waals surface area (Å²) in [6, 6.07) is 6.08. The molecule has 0 aliphatic carbocycles. The number of rotatable bonds is 4. The van der Waals surface area contributed by atoms with Crippen LogP contribution in [0.3, 0.4) is 0 Å². The van der Waals surface area contributed by atoms with Gasteiger partial charge in [0.05, 0.1) is 13.2 Å². The second kappa shape index (κ2) is 7.00. The lowest BCUT2D eigenvalue weighted by atomic mass is 10.00. The summed E-state index contributed by atoms with van der Waals surface area (Å²) in [5, 5.41) is 2.95. The SMILES string of the molecule is CCOC(=O)CN1CCN(c2cccc3c2CCC(=O)N3)CC1. The van der Waals surface area contributed by atoms with Crippen molar-refractivity contribution < 1.29 is 14.3 Å². The van der Waals surface area contributed by atoms with E-state index in [1.165, 1.54) is 11.3 Å². The first-order valence-electron chi connectivity index (χ1n) is 8.22. The third kappa shape index (κ3) is 3.64. The Morgan fingerprint density at radius 3 is 2.74 bits per heavy atom. The van der Waals surface area contributed by atoms with Gasteiger partial charge >= 0.3 is 5.97 Å². The quantitative estimate of drug-likeness (QED) is 0.847. The van der Waals surface area contributed by atoms with E-state index >= 15 is 0 Å². The van der Waals surface area contributed by atoms with Crippen molar-refractivity contribution in [2.75, 3.05) is 49.5 Å². The van der Waals surface area contributed by atoms with Crippen LogP contribution < -0.4 is 10.2 Å². The number of amides is 1. The van der Waals surface area contributed by atoms with E-state index in [4.69, 9.17) is 4.74 Å². The molecule has 1 aromatic rings. The number of anilines is 2. The number of hydrogen-bond acceptors (Lipinski definition) is 5. The lowest BCUT2D eigenvalue weighted by molar-refractivity contribution is -0.144. The highest BCUT2D eigenvalue weighted by Gasteiger charge is 2.24. The average Bonchev–Trinajstić information content (AvgIpc) is 2.55. The minimum Gasteiger partial charge on any atom is -0.465 e. The molecule has 23 heavy (non-hydrogen) atoms. The van der Waals surface area contributed by atoms with Gasteiger partial charge in [-0.15, -0.1) is 0 Å². The van der Waals surface area contributed by atoms with Crippen molar-refractivity contribution in [1.29, 1.82) is 0 Å². The molecule has 2 heterocycles. The smallest absolute Gasteiger partial charge is 0.320 e. The Morgan fingerprint density at radius 2 is 2.00 bits per heavy atom. The van der Waals surface area contributed by atoms with Gasteiger partial charge in [-0.05, 0) is 31.0 Å². The van der Waals surface area contributed by atoms with Gasteiger partial charge in [0.1, 0.15) is 0 Å². The summed E-state index contributed by atoms with van der Waals surface area (Å²) in [5.41, 5.74) is 3.37. The van der Waals surface area contributed by atoms with Crippen molar-refractivity contribution >= 4 is 23.3 Å². The zero-order valence-corrected chi connectivity index (χ0v) is 13.5. The summed E-state index contributed by atoms with van der Waals surface area (Å²) < 4.78 is 5.01. The van der Waals surface area contributed by atoms with Crippen molar-refractivity contribution in [2.24, 2.45) is 0 Å². The molecule has 1 saturated heterocycles. The largest absolute Gasteiger partial charge is 0.465 e. The highest BCUT2D eigenvalue weighted by Crippen LogP contribution is 2.32. The van der Waals surface area contributed by atoms with Crippen LogP contribution in [0.1, 0.15) is 18.9 Å². The number of piperazine rings is 1. The van der Waals surface area contributed by atoms with E-state index in [1.54, 1.807) is 0 Å². The lowest BCUT2D eigenvalue weighted by Gasteiger charge is -2.37. The van der Waals surface area contributed by atoms with E-state index in [-0.39, 0.29) is 11.9 Å². The molecular formula is C17H23N3O3. The molecular weight excluding hydrogens is 294 g/mol. The van der Waals surface area contributed by atoms with E-state index in [1.807, 2.05) is 19.1 Å². The molecule has 0 atom stereocenters. The van der Waals surface area contributed by atoms with Gasteiger partial charge in [0, 0.05) is 44.0 Å². The normalized spacial score (nSPS) is 18.3. The predicted molar refractivity (Wildman–Crippen MR) is 88.7 cm³/mol. The molecule has 0 bridgehead atoms. The maximum atomic E-state index is 11.6. The Hall–Kier alpha value is -2.08. The van der Waals surface area contributed by atoms with Crippen molar-refractivity contribution in [1.82, 2.24) is 4.90 Å². The Balaban J connectivity index is 1.63. The topological polar surface area (TPSA) is 61.9 Å². The molecule has 1 fully saturated rings. The maximum absolute atomic E-state index is 11.6. The number of esters is 1. The fraction of sp³-hybridized carbons (Fsp3) is 0.529. The molecule has 0 unspecified atom stereocenters. The van der Waals surface area contributed by atoms with Gasteiger partial charge < -0.3 is 15.0 Å². The Kier molecular flexibility index (Phi) is 4.81. The third-order valence-electron chi connectivity index (χ3n) is 4.40. The Labute approximate surface area is 136 Å². The Bertz CT molecular complexity index is 595. The van der Waals surface area contributed by atoms with Gasteiger partial charge in [-0.3, -0.25) is 14.5 Å². The molecule has 1 amide bonds. The van der Waals surface area contributed by atoms with Gasteiger partial charge in [0.15, 0.2) is 0 Å². The average molecular weight is 317 g/mol. The van der Waals surface area contributed by atoms with Crippen LogP contribution in [0.2, 0.25) is 0 Å². The number of nitrogens with zero attached hydrogens (tertiary/aromatic N) is 2. The summed E-state index contributed by atoms with van der Waals surface area (Å²) in [7, 11) is 0. The molecule has 6 heteroatoms. The highest BCUT2D eigenvalue weighted by molar-refractivity contribution is 5.95. The molecule has 0 radical (unpaired) electrons. The second-order valence-corrected chi connectivity index (χ2v) is 5.92. The van der Waals surface area contributed by atoms with Crippen LogP contribution in [0.4, 0.5) is 11.4 Å². The fourth-order valence-corrected chi connectivity index (χ4v) is 3.24. The first-order chi connectivity index (χ1) is 11.2. The molecule has 3 rings (SSSR count). The number of carbonyl (C=O) groups is 2. The molecule has 2 aliphatic heterocycles. The summed E-state index contributed by atoms with van der Waals surface area (Å²) >= 11 is 0. The van der Waals surface area contributed by atoms with Gasteiger partial charge in [-0.1, -0.05) is 6.07 Å².